The van der Waals surface area contributed by atoms with Crippen LogP contribution in [0.25, 0.3) is 0 Å². The zero-order valence-corrected chi connectivity index (χ0v) is 12.0. The molecule has 1 saturated carbocycles. The van der Waals surface area contributed by atoms with Crippen LogP contribution in [0.2, 0.25) is 0 Å². The van der Waals surface area contributed by atoms with Crippen LogP contribution >= 0.6 is 0 Å². The molecule has 6 heteroatoms. The summed E-state index contributed by atoms with van der Waals surface area (Å²) >= 11 is 0. The molecule has 110 valence electrons. The SMILES string of the molecule is Cc1noc(C2CCCN(C(=O)NCC3CCC3)C2)n1. The average molecular weight is 278 g/mol. The monoisotopic (exact) mass is 278 g/mol. The van der Waals surface area contributed by atoms with Crippen molar-refractivity contribution in [3.05, 3.63) is 11.7 Å². The molecular formula is C14H22N4O2. The van der Waals surface area contributed by atoms with Gasteiger partial charge < -0.3 is 14.7 Å². The summed E-state index contributed by atoms with van der Waals surface area (Å²) in [4.78, 5) is 18.3. The van der Waals surface area contributed by atoms with Crippen molar-refractivity contribution in [2.24, 2.45) is 5.92 Å². The fourth-order valence-electron chi connectivity index (χ4n) is 2.88. The lowest BCUT2D eigenvalue weighted by Gasteiger charge is -2.32. The van der Waals surface area contributed by atoms with Gasteiger partial charge in [-0.25, -0.2) is 4.79 Å². The van der Waals surface area contributed by atoms with Gasteiger partial charge in [-0.15, -0.1) is 0 Å². The zero-order chi connectivity index (χ0) is 13.9. The van der Waals surface area contributed by atoms with Crippen molar-refractivity contribution in [1.29, 1.82) is 0 Å². The van der Waals surface area contributed by atoms with Crippen LogP contribution in [-0.2, 0) is 0 Å². The maximum absolute atomic E-state index is 12.2. The van der Waals surface area contributed by atoms with E-state index >= 15 is 0 Å². The topological polar surface area (TPSA) is 71.3 Å². The van der Waals surface area contributed by atoms with Crippen molar-refractivity contribution < 1.29 is 9.32 Å². The third kappa shape index (κ3) is 2.94. The van der Waals surface area contributed by atoms with Crippen molar-refractivity contribution in [3.8, 4) is 0 Å². The second-order valence-corrected chi connectivity index (χ2v) is 5.95. The lowest BCUT2D eigenvalue weighted by molar-refractivity contribution is 0.167. The normalized spacial score (nSPS) is 23.4. The number of hydrogen-bond donors (Lipinski definition) is 1. The molecule has 3 rings (SSSR count). The largest absolute Gasteiger partial charge is 0.339 e. The Balaban J connectivity index is 1.52. The Morgan fingerprint density at radius 3 is 2.90 bits per heavy atom. The molecule has 1 aromatic rings. The average Bonchev–Trinajstić information content (AvgIpc) is 2.84. The minimum atomic E-state index is 0.0536. The van der Waals surface area contributed by atoms with Crippen LogP contribution in [0.1, 0.15) is 49.7 Å². The summed E-state index contributed by atoms with van der Waals surface area (Å²) in [7, 11) is 0. The molecule has 1 aliphatic carbocycles. The Morgan fingerprint density at radius 2 is 2.25 bits per heavy atom. The molecule has 1 N–H and O–H groups in total. The number of piperidine rings is 1. The number of amides is 2. The number of carbonyl (C=O) groups is 1. The highest BCUT2D eigenvalue weighted by Gasteiger charge is 2.28. The summed E-state index contributed by atoms with van der Waals surface area (Å²) in [5.41, 5.74) is 0. The van der Waals surface area contributed by atoms with Crippen molar-refractivity contribution in [2.75, 3.05) is 19.6 Å². The maximum Gasteiger partial charge on any atom is 0.317 e. The Bertz CT molecular complexity index is 469. The molecule has 0 radical (unpaired) electrons. The van der Waals surface area contributed by atoms with Crippen LogP contribution in [0.4, 0.5) is 4.79 Å². The van der Waals surface area contributed by atoms with Crippen molar-refractivity contribution >= 4 is 6.03 Å². The third-order valence-electron chi connectivity index (χ3n) is 4.37. The minimum absolute atomic E-state index is 0.0536. The van der Waals surface area contributed by atoms with Gasteiger partial charge in [0.15, 0.2) is 5.82 Å². The second kappa shape index (κ2) is 5.81. The number of nitrogens with one attached hydrogen (secondary N) is 1. The predicted molar refractivity (Wildman–Crippen MR) is 73.3 cm³/mol. The molecule has 1 aromatic heterocycles. The first kappa shape index (κ1) is 13.4. The summed E-state index contributed by atoms with van der Waals surface area (Å²) in [6.45, 7) is 4.14. The number of carbonyl (C=O) groups excluding carboxylic acids is 1. The van der Waals surface area contributed by atoms with E-state index in [-0.39, 0.29) is 11.9 Å². The van der Waals surface area contributed by atoms with Crippen molar-refractivity contribution in [1.82, 2.24) is 20.4 Å². The van der Waals surface area contributed by atoms with Gasteiger partial charge in [-0.2, -0.15) is 4.98 Å². The minimum Gasteiger partial charge on any atom is -0.339 e. The zero-order valence-electron chi connectivity index (χ0n) is 12.0. The number of urea groups is 1. The van der Waals surface area contributed by atoms with Gasteiger partial charge in [-0.3, -0.25) is 0 Å². The van der Waals surface area contributed by atoms with Crippen molar-refractivity contribution in [2.45, 2.75) is 44.9 Å². The highest BCUT2D eigenvalue weighted by Crippen LogP contribution is 2.27. The third-order valence-corrected chi connectivity index (χ3v) is 4.37. The number of nitrogens with zero attached hydrogens (tertiary/aromatic N) is 3. The van der Waals surface area contributed by atoms with Crippen LogP contribution in [-0.4, -0.2) is 40.7 Å². The number of aryl methyl sites for hydroxylation is 1. The quantitative estimate of drug-likeness (QED) is 0.918. The first-order chi connectivity index (χ1) is 9.72. The van der Waals surface area contributed by atoms with E-state index in [0.717, 1.165) is 25.9 Å². The van der Waals surface area contributed by atoms with E-state index in [1.807, 2.05) is 11.8 Å². The first-order valence-corrected chi connectivity index (χ1v) is 7.55. The van der Waals surface area contributed by atoms with Gasteiger partial charge in [-0.1, -0.05) is 11.6 Å². The Labute approximate surface area is 118 Å². The summed E-state index contributed by atoms with van der Waals surface area (Å²) in [6.07, 6.45) is 5.81. The molecule has 1 unspecified atom stereocenters. The smallest absolute Gasteiger partial charge is 0.317 e. The molecule has 1 saturated heterocycles. The molecule has 1 atom stereocenters. The van der Waals surface area contributed by atoms with Crippen LogP contribution in [0, 0.1) is 12.8 Å². The Hall–Kier alpha value is -1.59. The summed E-state index contributed by atoms with van der Waals surface area (Å²) in [5.74, 6) is 2.20. The molecule has 0 aromatic carbocycles. The Kier molecular flexibility index (Phi) is 3.89. The highest BCUT2D eigenvalue weighted by molar-refractivity contribution is 5.74. The molecule has 2 amide bonds. The lowest BCUT2D eigenvalue weighted by atomic mass is 9.85. The van der Waals surface area contributed by atoms with Gasteiger partial charge in [0.1, 0.15) is 0 Å². The molecule has 2 aliphatic rings. The van der Waals surface area contributed by atoms with E-state index in [0.29, 0.717) is 24.2 Å². The van der Waals surface area contributed by atoms with Crippen LogP contribution in [0.15, 0.2) is 4.52 Å². The van der Waals surface area contributed by atoms with Gasteiger partial charge in [0.25, 0.3) is 0 Å². The van der Waals surface area contributed by atoms with E-state index in [2.05, 4.69) is 15.5 Å². The van der Waals surface area contributed by atoms with Gasteiger partial charge in [0.2, 0.25) is 5.89 Å². The standard InChI is InChI=1S/C14H22N4O2/c1-10-16-13(20-17-10)12-6-3-7-18(9-12)14(19)15-8-11-4-2-5-11/h11-12H,2-9H2,1H3,(H,15,19). The summed E-state index contributed by atoms with van der Waals surface area (Å²) < 4.78 is 5.24. The van der Waals surface area contributed by atoms with Gasteiger partial charge in [-0.05, 0) is 38.5 Å². The lowest BCUT2D eigenvalue weighted by Crippen LogP contribution is -2.46. The molecule has 20 heavy (non-hydrogen) atoms. The molecule has 2 heterocycles. The maximum atomic E-state index is 12.2. The number of aromatic nitrogens is 2. The molecule has 0 spiro atoms. The Morgan fingerprint density at radius 1 is 1.40 bits per heavy atom. The van der Waals surface area contributed by atoms with E-state index < -0.39 is 0 Å². The van der Waals surface area contributed by atoms with Gasteiger partial charge in [0, 0.05) is 19.6 Å². The van der Waals surface area contributed by atoms with Gasteiger partial charge in [0.05, 0.1) is 5.92 Å². The number of likely N-dealkylation sites (tertiary alicyclic amines) is 1. The highest BCUT2D eigenvalue weighted by atomic mass is 16.5. The summed E-state index contributed by atoms with van der Waals surface area (Å²) in [5, 5.41) is 6.89. The van der Waals surface area contributed by atoms with Crippen LogP contribution in [0.3, 0.4) is 0 Å². The molecule has 2 fully saturated rings. The van der Waals surface area contributed by atoms with E-state index in [4.69, 9.17) is 4.52 Å². The van der Waals surface area contributed by atoms with Crippen molar-refractivity contribution in [3.63, 3.8) is 0 Å². The first-order valence-electron chi connectivity index (χ1n) is 7.55. The van der Waals surface area contributed by atoms with E-state index in [1.54, 1.807) is 0 Å². The fraction of sp³-hybridized carbons (Fsp3) is 0.786. The van der Waals surface area contributed by atoms with Crippen LogP contribution in [0.5, 0.6) is 0 Å². The van der Waals surface area contributed by atoms with E-state index in [9.17, 15) is 4.79 Å². The number of hydrogen-bond acceptors (Lipinski definition) is 4. The molecule has 6 nitrogen and oxygen atoms in total. The predicted octanol–water partition coefficient (Wildman–Crippen LogP) is 2.07. The number of rotatable bonds is 3. The molecular weight excluding hydrogens is 256 g/mol. The molecule has 1 aliphatic heterocycles. The summed E-state index contributed by atoms with van der Waals surface area (Å²) in [6, 6.07) is 0.0536. The van der Waals surface area contributed by atoms with Crippen LogP contribution < -0.4 is 5.32 Å². The fourth-order valence-corrected chi connectivity index (χ4v) is 2.88. The second-order valence-electron chi connectivity index (χ2n) is 5.95. The molecule has 0 bridgehead atoms. The van der Waals surface area contributed by atoms with E-state index in [1.165, 1.54) is 19.3 Å². The van der Waals surface area contributed by atoms with Gasteiger partial charge >= 0.3 is 6.03 Å².